The molecule has 0 aliphatic heterocycles. The molecule has 0 saturated carbocycles. The van der Waals surface area contributed by atoms with E-state index in [4.69, 9.17) is 5.73 Å². The van der Waals surface area contributed by atoms with Crippen molar-refractivity contribution in [3.8, 4) is 0 Å². The van der Waals surface area contributed by atoms with Crippen LogP contribution in [-0.2, 0) is 4.79 Å². The molecule has 80 valence electrons. The van der Waals surface area contributed by atoms with E-state index in [2.05, 4.69) is 15.6 Å². The Hall–Kier alpha value is -2.11. The van der Waals surface area contributed by atoms with Crippen molar-refractivity contribution in [3.05, 3.63) is 24.5 Å². The number of carbonyl (C=O) groups is 2. The van der Waals surface area contributed by atoms with Gasteiger partial charge >= 0.3 is 6.03 Å². The van der Waals surface area contributed by atoms with E-state index in [9.17, 15) is 9.59 Å². The van der Waals surface area contributed by atoms with E-state index < -0.39 is 18.0 Å². The molecule has 4 N–H and O–H groups in total. The van der Waals surface area contributed by atoms with Crippen molar-refractivity contribution in [3.63, 3.8) is 0 Å². The smallest absolute Gasteiger partial charge is 0.319 e. The molecule has 1 aromatic heterocycles. The van der Waals surface area contributed by atoms with Crippen LogP contribution in [0.5, 0.6) is 0 Å². The van der Waals surface area contributed by atoms with Crippen LogP contribution in [0.1, 0.15) is 6.92 Å². The maximum Gasteiger partial charge on any atom is 0.319 e. The first-order chi connectivity index (χ1) is 7.09. The first kappa shape index (κ1) is 11.0. The molecule has 15 heavy (non-hydrogen) atoms. The van der Waals surface area contributed by atoms with Gasteiger partial charge in [0.2, 0.25) is 5.91 Å². The summed E-state index contributed by atoms with van der Waals surface area (Å²) >= 11 is 0. The zero-order chi connectivity index (χ0) is 11.3. The van der Waals surface area contributed by atoms with Gasteiger partial charge in [0.1, 0.15) is 6.04 Å². The van der Waals surface area contributed by atoms with Crippen LogP contribution in [0, 0.1) is 0 Å². The summed E-state index contributed by atoms with van der Waals surface area (Å²) in [6, 6.07) is 2.17. The van der Waals surface area contributed by atoms with E-state index in [-0.39, 0.29) is 0 Å². The van der Waals surface area contributed by atoms with Crippen molar-refractivity contribution < 1.29 is 9.59 Å². The molecule has 0 fully saturated rings. The van der Waals surface area contributed by atoms with E-state index >= 15 is 0 Å². The Bertz CT molecular complexity index is 352. The van der Waals surface area contributed by atoms with E-state index in [0.717, 1.165) is 0 Å². The van der Waals surface area contributed by atoms with Crippen molar-refractivity contribution >= 4 is 17.6 Å². The summed E-state index contributed by atoms with van der Waals surface area (Å²) in [5, 5.41) is 4.88. The quantitative estimate of drug-likeness (QED) is 0.656. The standard InChI is InChI=1S/C9H12N4O2/c1-6(8(10)14)12-9(15)13-7-3-2-4-11-5-7/h2-6H,1H3,(H2,10,14)(H2,12,13,15). The number of nitrogens with two attached hydrogens (primary N) is 1. The number of carbonyl (C=O) groups excluding carboxylic acids is 2. The summed E-state index contributed by atoms with van der Waals surface area (Å²) < 4.78 is 0. The van der Waals surface area contributed by atoms with Crippen LogP contribution in [0.4, 0.5) is 10.5 Å². The van der Waals surface area contributed by atoms with Crippen molar-refractivity contribution in [2.24, 2.45) is 5.73 Å². The lowest BCUT2D eigenvalue weighted by molar-refractivity contribution is -0.119. The molecule has 1 heterocycles. The molecule has 1 aromatic rings. The number of hydrogen-bond acceptors (Lipinski definition) is 3. The Morgan fingerprint density at radius 3 is 2.80 bits per heavy atom. The van der Waals surface area contributed by atoms with Gasteiger partial charge in [-0.25, -0.2) is 4.79 Å². The summed E-state index contributed by atoms with van der Waals surface area (Å²) in [5.41, 5.74) is 5.53. The van der Waals surface area contributed by atoms with Crippen LogP contribution in [0.25, 0.3) is 0 Å². The van der Waals surface area contributed by atoms with Crippen LogP contribution in [0.15, 0.2) is 24.5 Å². The molecule has 1 atom stereocenters. The van der Waals surface area contributed by atoms with Gasteiger partial charge < -0.3 is 16.4 Å². The number of urea groups is 1. The highest BCUT2D eigenvalue weighted by Gasteiger charge is 2.11. The minimum absolute atomic E-state index is 0.491. The van der Waals surface area contributed by atoms with E-state index in [1.165, 1.54) is 13.1 Å². The van der Waals surface area contributed by atoms with Gasteiger partial charge in [-0.1, -0.05) is 0 Å². The number of amides is 3. The second-order valence-electron chi connectivity index (χ2n) is 2.96. The van der Waals surface area contributed by atoms with Crippen molar-refractivity contribution in [1.82, 2.24) is 10.3 Å². The van der Waals surface area contributed by atoms with Gasteiger partial charge in [0, 0.05) is 6.20 Å². The summed E-state index contributed by atoms with van der Waals surface area (Å²) in [5.74, 6) is -0.587. The summed E-state index contributed by atoms with van der Waals surface area (Å²) in [6.45, 7) is 1.51. The molecule has 0 spiro atoms. The second-order valence-corrected chi connectivity index (χ2v) is 2.96. The molecule has 6 heteroatoms. The van der Waals surface area contributed by atoms with Gasteiger partial charge in [-0.15, -0.1) is 0 Å². The molecule has 0 aromatic carbocycles. The minimum atomic E-state index is -0.707. The number of nitrogens with one attached hydrogen (secondary N) is 2. The maximum absolute atomic E-state index is 11.3. The fourth-order valence-electron chi connectivity index (χ4n) is 0.872. The van der Waals surface area contributed by atoms with Gasteiger partial charge in [0.05, 0.1) is 11.9 Å². The van der Waals surface area contributed by atoms with Crippen LogP contribution in [0.2, 0.25) is 0 Å². The SMILES string of the molecule is CC(NC(=O)Nc1cccnc1)C(N)=O. The normalized spacial score (nSPS) is 11.5. The van der Waals surface area contributed by atoms with Crippen molar-refractivity contribution in [2.75, 3.05) is 5.32 Å². The number of pyridine rings is 1. The number of aromatic nitrogens is 1. The Morgan fingerprint density at radius 2 is 2.27 bits per heavy atom. The zero-order valence-electron chi connectivity index (χ0n) is 8.23. The van der Waals surface area contributed by atoms with Crippen LogP contribution in [0.3, 0.4) is 0 Å². The Kier molecular flexibility index (Phi) is 3.61. The molecule has 1 unspecified atom stereocenters. The predicted octanol–water partition coefficient (Wildman–Crippen LogP) is 0.0769. The van der Waals surface area contributed by atoms with E-state index in [0.29, 0.717) is 5.69 Å². The Labute approximate surface area is 86.9 Å². The predicted molar refractivity (Wildman–Crippen MR) is 55.0 cm³/mol. The van der Waals surface area contributed by atoms with Crippen molar-refractivity contribution in [1.29, 1.82) is 0 Å². The first-order valence-corrected chi connectivity index (χ1v) is 4.36. The third kappa shape index (κ3) is 3.63. The highest BCUT2D eigenvalue weighted by Crippen LogP contribution is 2.01. The molecule has 0 aliphatic carbocycles. The molecular formula is C9H12N4O2. The first-order valence-electron chi connectivity index (χ1n) is 4.36. The summed E-state index contributed by atoms with van der Waals surface area (Å²) in [4.78, 5) is 25.7. The van der Waals surface area contributed by atoms with Crippen LogP contribution >= 0.6 is 0 Å². The van der Waals surface area contributed by atoms with Gasteiger partial charge in [0.15, 0.2) is 0 Å². The average molecular weight is 208 g/mol. The van der Waals surface area contributed by atoms with Gasteiger partial charge in [-0.3, -0.25) is 9.78 Å². The number of rotatable bonds is 3. The summed E-state index contributed by atoms with van der Waals surface area (Å²) in [6.07, 6.45) is 3.09. The van der Waals surface area contributed by atoms with Crippen LogP contribution in [-0.4, -0.2) is 23.0 Å². The third-order valence-corrected chi connectivity index (χ3v) is 1.69. The zero-order valence-corrected chi connectivity index (χ0v) is 8.23. The average Bonchev–Trinajstić information content (AvgIpc) is 2.18. The summed E-state index contributed by atoms with van der Waals surface area (Å²) in [7, 11) is 0. The minimum Gasteiger partial charge on any atom is -0.368 e. The third-order valence-electron chi connectivity index (χ3n) is 1.69. The topological polar surface area (TPSA) is 97.1 Å². The number of primary amides is 1. The van der Waals surface area contributed by atoms with Crippen LogP contribution < -0.4 is 16.4 Å². The van der Waals surface area contributed by atoms with E-state index in [1.54, 1.807) is 18.3 Å². The molecule has 0 bridgehead atoms. The van der Waals surface area contributed by atoms with Crippen molar-refractivity contribution in [2.45, 2.75) is 13.0 Å². The maximum atomic E-state index is 11.3. The van der Waals surface area contributed by atoms with Gasteiger partial charge in [-0.05, 0) is 19.1 Å². The Morgan fingerprint density at radius 1 is 1.53 bits per heavy atom. The second kappa shape index (κ2) is 4.94. The lowest BCUT2D eigenvalue weighted by Gasteiger charge is -2.10. The molecule has 6 nitrogen and oxygen atoms in total. The molecule has 3 amide bonds. The Balaban J connectivity index is 2.47. The lowest BCUT2D eigenvalue weighted by Crippen LogP contribution is -2.44. The fraction of sp³-hybridized carbons (Fsp3) is 0.222. The molecule has 0 aliphatic rings. The molecular weight excluding hydrogens is 196 g/mol. The van der Waals surface area contributed by atoms with E-state index in [1.807, 2.05) is 0 Å². The molecule has 0 radical (unpaired) electrons. The highest BCUT2D eigenvalue weighted by molar-refractivity contribution is 5.92. The molecule has 1 rings (SSSR count). The number of anilines is 1. The largest absolute Gasteiger partial charge is 0.368 e. The highest BCUT2D eigenvalue weighted by atomic mass is 16.2. The van der Waals surface area contributed by atoms with Gasteiger partial charge in [-0.2, -0.15) is 0 Å². The monoisotopic (exact) mass is 208 g/mol. The van der Waals surface area contributed by atoms with Gasteiger partial charge in [0.25, 0.3) is 0 Å². The fourth-order valence-corrected chi connectivity index (χ4v) is 0.872. The lowest BCUT2D eigenvalue weighted by atomic mass is 10.3. The molecule has 0 saturated heterocycles. The number of nitrogens with zero attached hydrogens (tertiary/aromatic N) is 1. The number of hydrogen-bond donors (Lipinski definition) is 3.